The SMILES string of the molecule is COc1cc(NCC(C)CSC)ncn1. The highest BCUT2D eigenvalue weighted by atomic mass is 32.2. The predicted molar refractivity (Wildman–Crippen MR) is 64.6 cm³/mol. The van der Waals surface area contributed by atoms with Gasteiger partial charge in [-0.15, -0.1) is 0 Å². The smallest absolute Gasteiger partial charge is 0.218 e. The number of nitrogens with one attached hydrogen (secondary N) is 1. The summed E-state index contributed by atoms with van der Waals surface area (Å²) in [5.74, 6) is 3.18. The van der Waals surface area contributed by atoms with Gasteiger partial charge in [-0.2, -0.15) is 11.8 Å². The number of hydrogen-bond acceptors (Lipinski definition) is 5. The maximum absolute atomic E-state index is 5.01. The van der Waals surface area contributed by atoms with Gasteiger partial charge < -0.3 is 10.1 Å². The zero-order chi connectivity index (χ0) is 11.1. The second-order valence-corrected chi connectivity index (χ2v) is 4.30. The molecule has 1 unspecified atom stereocenters. The highest BCUT2D eigenvalue weighted by Gasteiger charge is 2.02. The van der Waals surface area contributed by atoms with Gasteiger partial charge in [0.25, 0.3) is 0 Å². The third kappa shape index (κ3) is 4.38. The van der Waals surface area contributed by atoms with Gasteiger partial charge >= 0.3 is 0 Å². The lowest BCUT2D eigenvalue weighted by Crippen LogP contribution is -2.14. The molecule has 0 radical (unpaired) electrons. The number of hydrogen-bond donors (Lipinski definition) is 1. The minimum atomic E-state index is 0.588. The molecular weight excluding hydrogens is 210 g/mol. The average Bonchev–Trinajstić information content (AvgIpc) is 2.27. The lowest BCUT2D eigenvalue weighted by molar-refractivity contribution is 0.397. The maximum atomic E-state index is 5.01. The fourth-order valence-electron chi connectivity index (χ4n) is 1.17. The van der Waals surface area contributed by atoms with Crippen LogP contribution in [0.25, 0.3) is 0 Å². The first-order chi connectivity index (χ1) is 7.26. The van der Waals surface area contributed by atoms with Crippen LogP contribution in [0, 0.1) is 5.92 Å². The van der Waals surface area contributed by atoms with E-state index in [-0.39, 0.29) is 0 Å². The van der Waals surface area contributed by atoms with Gasteiger partial charge in [-0.1, -0.05) is 6.92 Å². The van der Waals surface area contributed by atoms with Crippen LogP contribution in [-0.4, -0.2) is 35.6 Å². The van der Waals surface area contributed by atoms with Crippen molar-refractivity contribution in [3.05, 3.63) is 12.4 Å². The molecule has 0 saturated heterocycles. The zero-order valence-electron chi connectivity index (χ0n) is 9.36. The topological polar surface area (TPSA) is 47.0 Å². The van der Waals surface area contributed by atoms with Crippen molar-refractivity contribution in [2.75, 3.05) is 31.0 Å². The highest BCUT2D eigenvalue weighted by Crippen LogP contribution is 2.11. The van der Waals surface area contributed by atoms with E-state index in [1.807, 2.05) is 11.8 Å². The van der Waals surface area contributed by atoms with Gasteiger partial charge in [0.1, 0.15) is 12.1 Å². The first-order valence-corrected chi connectivity index (χ1v) is 6.24. The summed E-state index contributed by atoms with van der Waals surface area (Å²) >= 11 is 1.86. The standard InChI is InChI=1S/C10H17N3OS/c1-8(6-15-3)5-11-9-4-10(14-2)13-7-12-9/h4,7-8H,5-6H2,1-3H3,(H,11,12,13). The van der Waals surface area contributed by atoms with Crippen molar-refractivity contribution in [1.82, 2.24) is 9.97 Å². The third-order valence-electron chi connectivity index (χ3n) is 1.93. The molecule has 1 N–H and O–H groups in total. The van der Waals surface area contributed by atoms with Gasteiger partial charge in [0.2, 0.25) is 5.88 Å². The van der Waals surface area contributed by atoms with E-state index in [9.17, 15) is 0 Å². The van der Waals surface area contributed by atoms with Crippen LogP contribution < -0.4 is 10.1 Å². The van der Waals surface area contributed by atoms with Crippen molar-refractivity contribution in [3.8, 4) is 5.88 Å². The van der Waals surface area contributed by atoms with E-state index in [1.54, 1.807) is 13.2 Å². The molecule has 4 nitrogen and oxygen atoms in total. The van der Waals surface area contributed by atoms with Crippen LogP contribution in [0.2, 0.25) is 0 Å². The van der Waals surface area contributed by atoms with Crippen LogP contribution in [0.5, 0.6) is 5.88 Å². The molecule has 0 aliphatic carbocycles. The van der Waals surface area contributed by atoms with Crippen LogP contribution >= 0.6 is 11.8 Å². The fraction of sp³-hybridized carbons (Fsp3) is 0.600. The Morgan fingerprint density at radius 2 is 2.33 bits per heavy atom. The predicted octanol–water partition coefficient (Wildman–Crippen LogP) is 1.90. The number of thioether (sulfide) groups is 1. The number of nitrogens with zero attached hydrogens (tertiary/aromatic N) is 2. The summed E-state index contributed by atoms with van der Waals surface area (Å²) < 4.78 is 5.01. The first-order valence-electron chi connectivity index (χ1n) is 4.85. The molecule has 1 rings (SSSR count). The monoisotopic (exact) mass is 227 g/mol. The summed E-state index contributed by atoms with van der Waals surface area (Å²) in [6.45, 7) is 3.13. The lowest BCUT2D eigenvalue weighted by atomic mass is 10.2. The lowest BCUT2D eigenvalue weighted by Gasteiger charge is -2.11. The molecule has 84 valence electrons. The Morgan fingerprint density at radius 1 is 1.53 bits per heavy atom. The van der Waals surface area contributed by atoms with E-state index in [0.29, 0.717) is 11.8 Å². The molecule has 5 heteroatoms. The van der Waals surface area contributed by atoms with Gasteiger partial charge in [0, 0.05) is 12.6 Å². The fourth-order valence-corrected chi connectivity index (χ4v) is 1.86. The van der Waals surface area contributed by atoms with E-state index in [4.69, 9.17) is 4.74 Å². The second-order valence-electron chi connectivity index (χ2n) is 3.39. The summed E-state index contributed by atoms with van der Waals surface area (Å²) in [4.78, 5) is 8.05. The Kier molecular flexibility index (Phi) is 5.25. The van der Waals surface area contributed by atoms with E-state index < -0.39 is 0 Å². The van der Waals surface area contributed by atoms with Gasteiger partial charge in [-0.25, -0.2) is 9.97 Å². The molecule has 0 amide bonds. The van der Waals surface area contributed by atoms with Gasteiger partial charge in [0.05, 0.1) is 7.11 Å². The molecule has 0 fully saturated rings. The Balaban J connectivity index is 2.43. The molecule has 0 saturated carbocycles. The molecule has 0 bridgehead atoms. The Bertz CT molecular complexity index is 296. The molecule has 1 aromatic heterocycles. The molecule has 0 spiro atoms. The molecule has 1 heterocycles. The minimum absolute atomic E-state index is 0.588. The molecule has 0 aliphatic rings. The normalized spacial score (nSPS) is 12.2. The van der Waals surface area contributed by atoms with E-state index in [0.717, 1.165) is 18.1 Å². The maximum Gasteiger partial charge on any atom is 0.218 e. The Hall–Kier alpha value is -0.970. The second kappa shape index (κ2) is 6.50. The average molecular weight is 227 g/mol. The van der Waals surface area contributed by atoms with Crippen molar-refractivity contribution >= 4 is 17.6 Å². The summed E-state index contributed by atoms with van der Waals surface area (Å²) in [7, 11) is 1.60. The van der Waals surface area contributed by atoms with E-state index in [1.165, 1.54) is 6.33 Å². The number of aromatic nitrogens is 2. The molecule has 1 aromatic rings. The van der Waals surface area contributed by atoms with Gasteiger partial charge in [0.15, 0.2) is 0 Å². The third-order valence-corrected chi connectivity index (χ3v) is 2.84. The molecule has 15 heavy (non-hydrogen) atoms. The summed E-state index contributed by atoms with van der Waals surface area (Å²) in [6.07, 6.45) is 3.62. The summed E-state index contributed by atoms with van der Waals surface area (Å²) in [6, 6.07) is 1.80. The molecule has 0 aromatic carbocycles. The first kappa shape index (κ1) is 12.1. The van der Waals surface area contributed by atoms with Crippen LogP contribution in [-0.2, 0) is 0 Å². The van der Waals surface area contributed by atoms with E-state index in [2.05, 4.69) is 28.5 Å². The van der Waals surface area contributed by atoms with Crippen molar-refractivity contribution in [1.29, 1.82) is 0 Å². The summed E-state index contributed by atoms with van der Waals surface area (Å²) in [5.41, 5.74) is 0. The molecular formula is C10H17N3OS. The Morgan fingerprint density at radius 3 is 3.00 bits per heavy atom. The van der Waals surface area contributed by atoms with Crippen LogP contribution in [0.15, 0.2) is 12.4 Å². The Labute approximate surface area is 94.8 Å². The van der Waals surface area contributed by atoms with E-state index >= 15 is 0 Å². The number of ether oxygens (including phenoxy) is 1. The van der Waals surface area contributed by atoms with Crippen LogP contribution in [0.3, 0.4) is 0 Å². The number of anilines is 1. The largest absolute Gasteiger partial charge is 0.481 e. The number of rotatable bonds is 6. The molecule has 1 atom stereocenters. The van der Waals surface area contributed by atoms with Crippen molar-refractivity contribution in [2.24, 2.45) is 5.92 Å². The van der Waals surface area contributed by atoms with Gasteiger partial charge in [-0.05, 0) is 17.9 Å². The van der Waals surface area contributed by atoms with Crippen molar-refractivity contribution in [2.45, 2.75) is 6.92 Å². The minimum Gasteiger partial charge on any atom is -0.481 e. The number of methoxy groups -OCH3 is 1. The van der Waals surface area contributed by atoms with Crippen molar-refractivity contribution < 1.29 is 4.74 Å². The summed E-state index contributed by atoms with van der Waals surface area (Å²) in [5, 5.41) is 3.26. The van der Waals surface area contributed by atoms with Crippen LogP contribution in [0.4, 0.5) is 5.82 Å². The molecule has 0 aliphatic heterocycles. The highest BCUT2D eigenvalue weighted by molar-refractivity contribution is 7.98. The van der Waals surface area contributed by atoms with Crippen LogP contribution in [0.1, 0.15) is 6.92 Å². The van der Waals surface area contributed by atoms with Gasteiger partial charge in [-0.3, -0.25) is 0 Å². The quantitative estimate of drug-likeness (QED) is 0.804. The van der Waals surface area contributed by atoms with Crippen molar-refractivity contribution in [3.63, 3.8) is 0 Å². The zero-order valence-corrected chi connectivity index (χ0v) is 10.2.